The molecule has 2 aromatic rings. The van der Waals surface area contributed by atoms with E-state index >= 15 is 0 Å². The first-order chi connectivity index (χ1) is 8.25. The van der Waals surface area contributed by atoms with Crippen LogP contribution in [0.5, 0.6) is 0 Å². The summed E-state index contributed by atoms with van der Waals surface area (Å²) in [6.45, 7) is 0. The van der Waals surface area contributed by atoms with E-state index in [4.69, 9.17) is 5.11 Å². The summed E-state index contributed by atoms with van der Waals surface area (Å²) in [4.78, 5) is 15.1. The summed E-state index contributed by atoms with van der Waals surface area (Å²) in [5.74, 6) is -0.994. The van der Waals surface area contributed by atoms with Crippen molar-refractivity contribution < 1.29 is 9.90 Å². The molecule has 3 rings (SSSR count). The largest absolute Gasteiger partial charge is 0.477 e. The lowest BCUT2D eigenvalue weighted by molar-refractivity contribution is 0.0691. The van der Waals surface area contributed by atoms with E-state index in [0.717, 1.165) is 18.2 Å². The minimum absolute atomic E-state index is 0.0808. The first kappa shape index (κ1) is 10.3. The van der Waals surface area contributed by atoms with E-state index in [9.17, 15) is 4.79 Å². The van der Waals surface area contributed by atoms with Crippen LogP contribution < -0.4 is 0 Å². The highest BCUT2D eigenvalue weighted by Gasteiger charge is 2.20. The van der Waals surface area contributed by atoms with Crippen molar-refractivity contribution in [2.75, 3.05) is 0 Å². The average molecular weight is 231 g/mol. The number of hydrogen-bond acceptors (Lipinski definition) is 3. The van der Waals surface area contributed by atoms with Crippen molar-refractivity contribution in [3.63, 3.8) is 0 Å². The van der Waals surface area contributed by atoms with Gasteiger partial charge in [-0.3, -0.25) is 0 Å². The Hall–Kier alpha value is -1.91. The van der Waals surface area contributed by atoms with Gasteiger partial charge in [0.25, 0.3) is 0 Å². The van der Waals surface area contributed by atoms with Crippen molar-refractivity contribution in [3.8, 4) is 0 Å². The quantitative estimate of drug-likeness (QED) is 0.860. The van der Waals surface area contributed by atoms with Gasteiger partial charge in [-0.05, 0) is 25.0 Å². The average Bonchev–Trinajstić information content (AvgIpc) is 2.96. The van der Waals surface area contributed by atoms with Crippen molar-refractivity contribution in [2.45, 2.75) is 31.7 Å². The monoisotopic (exact) mass is 231 g/mol. The molecule has 88 valence electrons. The van der Waals surface area contributed by atoms with E-state index in [-0.39, 0.29) is 5.69 Å². The maximum atomic E-state index is 10.9. The zero-order chi connectivity index (χ0) is 11.8. The minimum Gasteiger partial charge on any atom is -0.477 e. The minimum atomic E-state index is -0.994. The summed E-state index contributed by atoms with van der Waals surface area (Å²) in [7, 11) is 0. The molecule has 1 N–H and O–H groups in total. The summed E-state index contributed by atoms with van der Waals surface area (Å²) < 4.78 is 1.88. The fraction of sp³-hybridized carbons (Fsp3) is 0.417. The Morgan fingerprint density at radius 1 is 1.35 bits per heavy atom. The van der Waals surface area contributed by atoms with Gasteiger partial charge in [-0.1, -0.05) is 12.8 Å². The molecule has 0 spiro atoms. The van der Waals surface area contributed by atoms with Gasteiger partial charge in [0.05, 0.1) is 12.2 Å². The van der Waals surface area contributed by atoms with Crippen molar-refractivity contribution in [1.29, 1.82) is 0 Å². The second kappa shape index (κ2) is 3.84. The van der Waals surface area contributed by atoms with Gasteiger partial charge < -0.3 is 5.11 Å². The third kappa shape index (κ3) is 1.67. The summed E-state index contributed by atoms with van der Waals surface area (Å²) in [5, 5.41) is 14.2. The molecule has 0 saturated heterocycles. The molecular weight excluding hydrogens is 218 g/mol. The fourth-order valence-electron chi connectivity index (χ4n) is 2.46. The van der Waals surface area contributed by atoms with Crippen molar-refractivity contribution in [3.05, 3.63) is 24.0 Å². The number of carbonyl (C=O) groups is 1. The number of nitrogens with zero attached hydrogens (tertiary/aromatic N) is 3. The molecule has 1 fully saturated rings. The lowest BCUT2D eigenvalue weighted by Crippen LogP contribution is -2.08. The molecule has 17 heavy (non-hydrogen) atoms. The van der Waals surface area contributed by atoms with E-state index in [0.29, 0.717) is 11.7 Å². The lowest BCUT2D eigenvalue weighted by Gasteiger charge is -2.10. The Labute approximate surface area is 98.1 Å². The third-order valence-corrected chi connectivity index (χ3v) is 3.33. The molecule has 2 aromatic heterocycles. The van der Waals surface area contributed by atoms with Crippen molar-refractivity contribution >= 4 is 17.0 Å². The normalized spacial score (nSPS) is 16.7. The molecule has 0 radical (unpaired) electrons. The summed E-state index contributed by atoms with van der Waals surface area (Å²) in [5.41, 5.74) is 0.772. The van der Waals surface area contributed by atoms with E-state index < -0.39 is 5.97 Å². The highest BCUT2D eigenvalue weighted by atomic mass is 16.4. The Balaban J connectivity index is 2.11. The molecule has 0 amide bonds. The zero-order valence-corrected chi connectivity index (χ0v) is 9.33. The van der Waals surface area contributed by atoms with E-state index in [2.05, 4.69) is 10.1 Å². The molecule has 0 bridgehead atoms. The Kier molecular flexibility index (Phi) is 2.31. The molecule has 2 heterocycles. The van der Waals surface area contributed by atoms with Crippen LogP contribution in [0.2, 0.25) is 0 Å². The Bertz CT molecular complexity index is 570. The van der Waals surface area contributed by atoms with Gasteiger partial charge >= 0.3 is 5.97 Å². The van der Waals surface area contributed by atoms with Gasteiger partial charge in [0.2, 0.25) is 0 Å². The fourth-order valence-corrected chi connectivity index (χ4v) is 2.46. The molecule has 0 atom stereocenters. The molecule has 0 aliphatic heterocycles. The first-order valence-corrected chi connectivity index (χ1v) is 5.83. The predicted molar refractivity (Wildman–Crippen MR) is 62.0 cm³/mol. The van der Waals surface area contributed by atoms with Crippen LogP contribution in [-0.2, 0) is 0 Å². The Morgan fingerprint density at radius 3 is 2.82 bits per heavy atom. The number of pyridine rings is 1. The maximum Gasteiger partial charge on any atom is 0.354 e. The van der Waals surface area contributed by atoms with Crippen molar-refractivity contribution in [2.24, 2.45) is 0 Å². The number of aromatic carboxylic acids is 1. The molecule has 1 aliphatic carbocycles. The smallest absolute Gasteiger partial charge is 0.354 e. The number of hydrogen-bond donors (Lipinski definition) is 1. The van der Waals surface area contributed by atoms with Gasteiger partial charge in [0.1, 0.15) is 0 Å². The number of carboxylic acid groups (broad SMARTS) is 1. The van der Waals surface area contributed by atoms with Crippen LogP contribution in [-0.4, -0.2) is 25.8 Å². The van der Waals surface area contributed by atoms with E-state index in [1.807, 2.05) is 4.68 Å². The standard InChI is InChI=1S/C12H13N3O2/c16-12(17)10-6-5-8-7-13-15(11(8)14-10)9-3-1-2-4-9/h5-7,9H,1-4H2,(H,16,17). The van der Waals surface area contributed by atoms with Gasteiger partial charge in [-0.2, -0.15) is 5.10 Å². The van der Waals surface area contributed by atoms with Gasteiger partial charge in [0.15, 0.2) is 11.3 Å². The first-order valence-electron chi connectivity index (χ1n) is 5.83. The zero-order valence-electron chi connectivity index (χ0n) is 9.33. The van der Waals surface area contributed by atoms with Crippen LogP contribution in [0.25, 0.3) is 11.0 Å². The molecule has 5 heteroatoms. The number of carboxylic acids is 1. The summed E-state index contributed by atoms with van der Waals surface area (Å²) >= 11 is 0. The van der Waals surface area contributed by atoms with Gasteiger partial charge in [-0.25, -0.2) is 14.5 Å². The number of rotatable bonds is 2. The summed E-state index contributed by atoms with van der Waals surface area (Å²) in [6.07, 6.45) is 6.40. The highest BCUT2D eigenvalue weighted by molar-refractivity contribution is 5.88. The molecular formula is C12H13N3O2. The second-order valence-electron chi connectivity index (χ2n) is 4.44. The molecule has 5 nitrogen and oxygen atoms in total. The summed E-state index contributed by atoms with van der Waals surface area (Å²) in [6, 6.07) is 3.67. The Morgan fingerprint density at radius 2 is 2.12 bits per heavy atom. The molecule has 1 aliphatic rings. The van der Waals surface area contributed by atoms with Crippen LogP contribution in [0.15, 0.2) is 18.3 Å². The van der Waals surface area contributed by atoms with Crippen LogP contribution in [0.3, 0.4) is 0 Å². The van der Waals surface area contributed by atoms with Gasteiger partial charge in [0, 0.05) is 5.39 Å². The van der Waals surface area contributed by atoms with Gasteiger partial charge in [-0.15, -0.1) is 0 Å². The topological polar surface area (TPSA) is 68.0 Å². The van der Waals surface area contributed by atoms with Crippen LogP contribution in [0, 0.1) is 0 Å². The van der Waals surface area contributed by atoms with Crippen LogP contribution in [0.4, 0.5) is 0 Å². The van der Waals surface area contributed by atoms with Crippen molar-refractivity contribution in [1.82, 2.24) is 14.8 Å². The second-order valence-corrected chi connectivity index (χ2v) is 4.44. The van der Waals surface area contributed by atoms with E-state index in [1.165, 1.54) is 18.9 Å². The lowest BCUT2D eigenvalue weighted by atomic mass is 10.2. The predicted octanol–water partition coefficient (Wildman–Crippen LogP) is 2.24. The van der Waals surface area contributed by atoms with Crippen LogP contribution in [0.1, 0.15) is 42.2 Å². The van der Waals surface area contributed by atoms with E-state index in [1.54, 1.807) is 12.3 Å². The van der Waals surface area contributed by atoms with Crippen LogP contribution >= 0.6 is 0 Å². The number of aromatic nitrogens is 3. The molecule has 1 saturated carbocycles. The third-order valence-electron chi connectivity index (χ3n) is 3.33. The SMILES string of the molecule is O=C(O)c1ccc2cnn(C3CCCC3)c2n1. The highest BCUT2D eigenvalue weighted by Crippen LogP contribution is 2.30. The number of fused-ring (bicyclic) bond motifs is 1. The molecule has 0 unspecified atom stereocenters. The maximum absolute atomic E-state index is 10.9. The molecule has 0 aromatic carbocycles.